The van der Waals surface area contributed by atoms with E-state index in [0.717, 1.165) is 0 Å². The summed E-state index contributed by atoms with van der Waals surface area (Å²) in [6.07, 6.45) is 1.19. The molecule has 2 aromatic carbocycles. The second kappa shape index (κ2) is 3.26. The number of rotatable bonds is 0. The van der Waals surface area contributed by atoms with Crippen molar-refractivity contribution in [1.82, 2.24) is 0 Å². The zero-order valence-corrected chi connectivity index (χ0v) is 11.0. The Hall–Kier alpha value is -1.56. The van der Waals surface area contributed by atoms with Gasteiger partial charge < -0.3 is 0 Å². The van der Waals surface area contributed by atoms with Crippen LogP contribution in [0.3, 0.4) is 0 Å². The van der Waals surface area contributed by atoms with E-state index in [-0.39, 0.29) is 0 Å². The topological polar surface area (TPSA) is 0 Å². The lowest BCUT2D eigenvalue weighted by atomic mass is 9.65. The zero-order valence-electron chi connectivity index (χ0n) is 11.0. The second-order valence-electron chi connectivity index (χ2n) is 6.15. The molecule has 3 unspecified atom stereocenters. The largest absolute Gasteiger partial charge is 0.0620 e. The molecule has 4 rings (SSSR count). The van der Waals surface area contributed by atoms with Crippen molar-refractivity contribution in [1.29, 1.82) is 0 Å². The van der Waals surface area contributed by atoms with Crippen LogP contribution >= 0.6 is 0 Å². The van der Waals surface area contributed by atoms with Gasteiger partial charge in [0.05, 0.1) is 0 Å². The van der Waals surface area contributed by atoms with Gasteiger partial charge in [0, 0.05) is 11.3 Å². The summed E-state index contributed by atoms with van der Waals surface area (Å²) in [7, 11) is 0. The SMILES string of the molecule is CC1C2c3ccccc3CC1(C)c1ccccc12. The summed E-state index contributed by atoms with van der Waals surface area (Å²) in [5, 5.41) is 0. The maximum absolute atomic E-state index is 2.45. The summed E-state index contributed by atoms with van der Waals surface area (Å²) >= 11 is 0. The third-order valence-corrected chi connectivity index (χ3v) is 5.36. The third kappa shape index (κ3) is 1.07. The molecular formula is C18H18. The Bertz CT molecular complexity index is 625. The quantitative estimate of drug-likeness (QED) is 0.638. The van der Waals surface area contributed by atoms with E-state index in [0.29, 0.717) is 17.3 Å². The first-order chi connectivity index (χ1) is 8.72. The fraction of sp³-hybridized carbons (Fsp3) is 0.333. The lowest BCUT2D eigenvalue weighted by Gasteiger charge is -2.38. The predicted molar refractivity (Wildman–Crippen MR) is 74.9 cm³/mol. The van der Waals surface area contributed by atoms with Crippen molar-refractivity contribution in [2.45, 2.75) is 31.6 Å². The smallest absolute Gasteiger partial charge is 0.0129 e. The van der Waals surface area contributed by atoms with Crippen molar-refractivity contribution in [3.63, 3.8) is 0 Å². The molecule has 0 fully saturated rings. The number of hydrogen-bond acceptors (Lipinski definition) is 0. The Morgan fingerprint density at radius 3 is 2.44 bits per heavy atom. The van der Waals surface area contributed by atoms with Gasteiger partial charge in [-0.3, -0.25) is 0 Å². The van der Waals surface area contributed by atoms with Gasteiger partial charge >= 0.3 is 0 Å². The highest BCUT2D eigenvalue weighted by atomic mass is 14.5. The molecule has 90 valence electrons. The molecular weight excluding hydrogens is 216 g/mol. The van der Waals surface area contributed by atoms with E-state index >= 15 is 0 Å². The molecule has 0 amide bonds. The molecule has 0 aromatic heterocycles. The maximum atomic E-state index is 2.45. The van der Waals surface area contributed by atoms with Crippen LogP contribution in [0.2, 0.25) is 0 Å². The van der Waals surface area contributed by atoms with Crippen LogP contribution in [-0.4, -0.2) is 0 Å². The van der Waals surface area contributed by atoms with Crippen LogP contribution in [0.25, 0.3) is 0 Å². The summed E-state index contributed by atoms with van der Waals surface area (Å²) < 4.78 is 0. The van der Waals surface area contributed by atoms with Crippen LogP contribution in [-0.2, 0) is 11.8 Å². The van der Waals surface area contributed by atoms with Gasteiger partial charge in [-0.25, -0.2) is 0 Å². The molecule has 18 heavy (non-hydrogen) atoms. The Kier molecular flexibility index (Phi) is 1.88. The molecule has 2 aliphatic rings. The predicted octanol–water partition coefficient (Wildman–Crippen LogP) is 4.28. The highest BCUT2D eigenvalue weighted by molar-refractivity contribution is 5.55. The molecule has 3 atom stereocenters. The maximum Gasteiger partial charge on any atom is 0.0129 e. The van der Waals surface area contributed by atoms with E-state index < -0.39 is 0 Å². The van der Waals surface area contributed by atoms with Crippen LogP contribution in [0.15, 0.2) is 48.5 Å². The molecule has 2 bridgehead atoms. The standard InChI is InChI=1S/C18H18/c1-12-17-14-8-4-3-7-13(14)11-18(12,2)16-10-6-5-9-15(16)17/h3-10,12,17H,11H2,1-2H3. The van der Waals surface area contributed by atoms with Crippen LogP contribution in [0.1, 0.15) is 42.0 Å². The molecule has 0 heteroatoms. The summed E-state index contributed by atoms with van der Waals surface area (Å²) in [5.74, 6) is 1.32. The second-order valence-corrected chi connectivity index (χ2v) is 6.15. The molecule has 0 saturated carbocycles. The minimum Gasteiger partial charge on any atom is -0.0620 e. The molecule has 0 N–H and O–H groups in total. The fourth-order valence-corrected chi connectivity index (χ4v) is 4.26. The highest BCUT2D eigenvalue weighted by Gasteiger charge is 2.50. The first kappa shape index (κ1) is 10.4. The molecule has 0 nitrogen and oxygen atoms in total. The first-order valence-corrected chi connectivity index (χ1v) is 6.89. The number of benzene rings is 2. The minimum absolute atomic E-state index is 0.329. The third-order valence-electron chi connectivity index (χ3n) is 5.36. The van der Waals surface area contributed by atoms with Crippen molar-refractivity contribution in [3.8, 4) is 0 Å². The van der Waals surface area contributed by atoms with Crippen LogP contribution < -0.4 is 0 Å². The molecule has 2 aromatic rings. The van der Waals surface area contributed by atoms with Gasteiger partial charge in [-0.1, -0.05) is 62.4 Å². The van der Waals surface area contributed by atoms with Crippen LogP contribution in [0.5, 0.6) is 0 Å². The van der Waals surface area contributed by atoms with E-state index in [2.05, 4.69) is 62.4 Å². The molecule has 0 radical (unpaired) electrons. The van der Waals surface area contributed by atoms with Crippen LogP contribution in [0.4, 0.5) is 0 Å². The highest BCUT2D eigenvalue weighted by Crippen LogP contribution is 2.58. The normalized spacial score (nSPS) is 31.9. The molecule has 0 heterocycles. The summed E-state index contributed by atoms with van der Waals surface area (Å²) in [5.41, 5.74) is 6.60. The fourth-order valence-electron chi connectivity index (χ4n) is 4.26. The van der Waals surface area contributed by atoms with Crippen LogP contribution in [0, 0.1) is 5.92 Å². The summed E-state index contributed by atoms with van der Waals surface area (Å²) in [4.78, 5) is 0. The van der Waals surface area contributed by atoms with E-state index in [1.807, 2.05) is 0 Å². The average Bonchev–Trinajstić information content (AvgIpc) is 2.54. The Labute approximate surface area is 109 Å². The Balaban J connectivity index is 2.06. The van der Waals surface area contributed by atoms with Gasteiger partial charge in [0.1, 0.15) is 0 Å². The molecule has 0 aliphatic heterocycles. The van der Waals surface area contributed by atoms with Gasteiger partial charge in [0.15, 0.2) is 0 Å². The monoisotopic (exact) mass is 234 g/mol. The molecule has 0 spiro atoms. The summed E-state index contributed by atoms with van der Waals surface area (Å²) in [6.45, 7) is 4.88. The van der Waals surface area contributed by atoms with E-state index in [4.69, 9.17) is 0 Å². The Morgan fingerprint density at radius 2 is 1.61 bits per heavy atom. The molecule has 2 aliphatic carbocycles. The number of hydrogen-bond donors (Lipinski definition) is 0. The van der Waals surface area contributed by atoms with Crippen molar-refractivity contribution in [3.05, 3.63) is 70.8 Å². The molecule has 0 saturated heterocycles. The van der Waals surface area contributed by atoms with E-state index in [1.165, 1.54) is 6.42 Å². The van der Waals surface area contributed by atoms with Gasteiger partial charge in [-0.15, -0.1) is 0 Å². The lowest BCUT2D eigenvalue weighted by Crippen LogP contribution is -2.34. The van der Waals surface area contributed by atoms with Crippen molar-refractivity contribution >= 4 is 0 Å². The van der Waals surface area contributed by atoms with E-state index in [1.54, 1.807) is 22.3 Å². The Morgan fingerprint density at radius 1 is 0.944 bits per heavy atom. The van der Waals surface area contributed by atoms with E-state index in [9.17, 15) is 0 Å². The van der Waals surface area contributed by atoms with Crippen molar-refractivity contribution in [2.75, 3.05) is 0 Å². The number of fused-ring (bicyclic) bond motifs is 7. The lowest BCUT2D eigenvalue weighted by molar-refractivity contribution is 0.300. The summed E-state index contributed by atoms with van der Waals surface area (Å²) in [6, 6.07) is 18.1. The van der Waals surface area contributed by atoms with Gasteiger partial charge in [-0.05, 0) is 34.6 Å². The van der Waals surface area contributed by atoms with Gasteiger partial charge in [0.25, 0.3) is 0 Å². The van der Waals surface area contributed by atoms with Crippen molar-refractivity contribution in [2.24, 2.45) is 5.92 Å². The minimum atomic E-state index is 0.329. The zero-order chi connectivity index (χ0) is 12.3. The average molecular weight is 234 g/mol. The van der Waals surface area contributed by atoms with Gasteiger partial charge in [-0.2, -0.15) is 0 Å². The first-order valence-electron chi connectivity index (χ1n) is 6.89. The van der Waals surface area contributed by atoms with Gasteiger partial charge in [0.2, 0.25) is 0 Å². The van der Waals surface area contributed by atoms with Crippen molar-refractivity contribution < 1.29 is 0 Å².